The van der Waals surface area contributed by atoms with Crippen molar-refractivity contribution >= 4 is 35.8 Å². The Kier molecular flexibility index (Phi) is 36.5. The quantitative estimate of drug-likeness (QED) is 0.220. The topological polar surface area (TPSA) is 376 Å². The molecule has 0 fully saturated rings. The van der Waals surface area contributed by atoms with E-state index in [4.69, 9.17) is 10.2 Å². The van der Waals surface area contributed by atoms with Gasteiger partial charge in [-0.15, -0.1) is 0 Å². The van der Waals surface area contributed by atoms with Crippen LogP contribution in [-0.2, 0) is 80.0 Å². The SMILES string of the molecule is O.O.O.O=C([O-])CC(O)(CC(=O)[O-])C(=O)[O-].O=C([O-])CC(O)(CC(=O)[O-])C(=O)[O-].[Fe+2].[Fe+2].[Fe+2]. The van der Waals surface area contributed by atoms with Crippen molar-refractivity contribution < 1.29 is 137 Å². The first-order valence-electron chi connectivity index (χ1n) is 6.23. The van der Waals surface area contributed by atoms with E-state index < -0.39 is 72.7 Å². The maximum absolute atomic E-state index is 10.1. The maximum atomic E-state index is 10.1. The van der Waals surface area contributed by atoms with Gasteiger partial charge in [0.25, 0.3) is 0 Å². The second kappa shape index (κ2) is 22.4. The maximum Gasteiger partial charge on any atom is 2.00 e. The van der Waals surface area contributed by atoms with Gasteiger partial charge in [-0.3, -0.25) is 0 Å². The molecule has 20 heteroatoms. The summed E-state index contributed by atoms with van der Waals surface area (Å²) < 4.78 is 0. The Bertz CT molecular complexity index is 524. The van der Waals surface area contributed by atoms with Gasteiger partial charge >= 0.3 is 51.2 Å². The average molecular weight is 600 g/mol. The van der Waals surface area contributed by atoms with Crippen LogP contribution < -0.4 is 30.6 Å². The van der Waals surface area contributed by atoms with Gasteiger partial charge in [-0.05, 0) is 0 Å². The Morgan fingerprint density at radius 1 is 0.469 bits per heavy atom. The second-order valence-corrected chi connectivity index (χ2v) is 4.83. The van der Waals surface area contributed by atoms with Crippen LogP contribution in [0.2, 0.25) is 0 Å². The molecule has 0 spiro atoms. The molecule has 0 aromatic heterocycles. The molecule has 0 heterocycles. The summed E-state index contributed by atoms with van der Waals surface area (Å²) in [6, 6.07) is 0. The van der Waals surface area contributed by atoms with Crippen molar-refractivity contribution in [2.24, 2.45) is 0 Å². The Balaban J connectivity index is -0.0000000505. The van der Waals surface area contributed by atoms with Crippen molar-refractivity contribution in [2.75, 3.05) is 0 Å². The molecule has 0 bridgehead atoms. The van der Waals surface area contributed by atoms with Crippen LogP contribution in [0.5, 0.6) is 0 Å². The normalized spacial score (nSPS) is 8.81. The van der Waals surface area contributed by atoms with Gasteiger partial charge in [-0.1, -0.05) is 0 Å². The molecule has 17 nitrogen and oxygen atoms in total. The summed E-state index contributed by atoms with van der Waals surface area (Å²) in [6.07, 6.45) is -5.43. The van der Waals surface area contributed by atoms with Gasteiger partial charge in [0.2, 0.25) is 0 Å². The molecule has 0 aliphatic carbocycles. The van der Waals surface area contributed by atoms with Crippen molar-refractivity contribution in [3.05, 3.63) is 0 Å². The van der Waals surface area contributed by atoms with Crippen molar-refractivity contribution in [3.8, 4) is 0 Å². The molecule has 0 rings (SSSR count). The molecule has 0 aliphatic rings. The Morgan fingerprint density at radius 3 is 0.656 bits per heavy atom. The zero-order valence-electron chi connectivity index (χ0n) is 15.2. The van der Waals surface area contributed by atoms with E-state index in [0.29, 0.717) is 0 Å². The number of carbonyl (C=O) groups excluding carboxylic acids is 6. The van der Waals surface area contributed by atoms with Crippen LogP contribution in [0.15, 0.2) is 0 Å². The van der Waals surface area contributed by atoms with Gasteiger partial charge in [0, 0.05) is 49.6 Å². The summed E-state index contributed by atoms with van der Waals surface area (Å²) in [6.45, 7) is 0. The van der Waals surface area contributed by atoms with Crippen molar-refractivity contribution in [1.82, 2.24) is 0 Å². The molecule has 0 amide bonds. The molecule has 8 N–H and O–H groups in total. The van der Waals surface area contributed by atoms with E-state index >= 15 is 0 Å². The number of aliphatic hydroxyl groups is 2. The number of carboxylic acid groups (broad SMARTS) is 6. The predicted octanol–water partition coefficient (Wildman–Crippen LogP) is -13.0. The summed E-state index contributed by atoms with van der Waals surface area (Å²) in [4.78, 5) is 60.0. The summed E-state index contributed by atoms with van der Waals surface area (Å²) in [5.74, 6) is -12.0. The summed E-state index contributed by atoms with van der Waals surface area (Å²) >= 11 is 0. The van der Waals surface area contributed by atoms with Crippen LogP contribution in [0.25, 0.3) is 0 Å². The van der Waals surface area contributed by atoms with Gasteiger partial charge in [0.1, 0.15) is 11.2 Å². The zero-order chi connectivity index (χ0) is 21.3. The average Bonchev–Trinajstić information content (AvgIpc) is 2.34. The number of carboxylic acids is 6. The molecule has 0 atom stereocenters. The van der Waals surface area contributed by atoms with Gasteiger partial charge < -0.3 is 86.0 Å². The van der Waals surface area contributed by atoms with E-state index in [-0.39, 0.29) is 67.6 Å². The summed E-state index contributed by atoms with van der Waals surface area (Å²) in [5, 5.41) is 77.9. The number of hydrogen-bond acceptors (Lipinski definition) is 14. The number of hydrogen-bond donors (Lipinski definition) is 2. The van der Waals surface area contributed by atoms with Crippen LogP contribution in [0, 0.1) is 0 Å². The van der Waals surface area contributed by atoms with Gasteiger partial charge in [0.05, 0.1) is 11.9 Å². The van der Waals surface area contributed by atoms with Crippen LogP contribution in [-0.4, -0.2) is 73.7 Å². The molecule has 0 unspecified atom stereocenters. The largest absolute Gasteiger partial charge is 2.00 e. The fourth-order valence-electron chi connectivity index (χ4n) is 1.37. The van der Waals surface area contributed by atoms with Crippen molar-refractivity contribution in [2.45, 2.75) is 36.9 Å². The van der Waals surface area contributed by atoms with Crippen LogP contribution in [0.1, 0.15) is 25.7 Å². The minimum Gasteiger partial charge on any atom is -0.550 e. The molecule has 190 valence electrons. The van der Waals surface area contributed by atoms with Gasteiger partial charge in [-0.25, -0.2) is 0 Å². The van der Waals surface area contributed by atoms with Crippen molar-refractivity contribution in [1.29, 1.82) is 0 Å². The summed E-state index contributed by atoms with van der Waals surface area (Å²) in [5.41, 5.74) is -5.95. The molecule has 0 radical (unpaired) electrons. The van der Waals surface area contributed by atoms with E-state index in [1.54, 1.807) is 0 Å². The van der Waals surface area contributed by atoms with E-state index in [0.717, 1.165) is 0 Å². The van der Waals surface area contributed by atoms with E-state index in [9.17, 15) is 59.4 Å². The third-order valence-electron chi connectivity index (χ3n) is 2.51. The Morgan fingerprint density at radius 2 is 0.594 bits per heavy atom. The standard InChI is InChI=1S/2C6H8O7.3Fe.3H2O/c2*7-3(8)1-6(13,5(11)12)2-4(9)10;;;;;;/h2*13H,1-2H2,(H,7,8)(H,9,10)(H,11,12);;;;3*1H2/q;;3*+2;;;/p-6. The zero-order valence-corrected chi connectivity index (χ0v) is 18.5. The first-order valence-corrected chi connectivity index (χ1v) is 6.23. The fraction of sp³-hybridized carbons (Fsp3) is 0.500. The molecular weight excluding hydrogens is 584 g/mol. The number of aliphatic carboxylic acids is 6. The molecule has 0 aromatic rings. The minimum atomic E-state index is -2.97. The van der Waals surface area contributed by atoms with E-state index in [1.165, 1.54) is 0 Å². The molecule has 0 aliphatic heterocycles. The molecular formula is C12H16Fe3O17. The van der Waals surface area contributed by atoms with Crippen molar-refractivity contribution in [3.63, 3.8) is 0 Å². The Hall–Kier alpha value is -1.82. The van der Waals surface area contributed by atoms with Gasteiger partial charge in [0.15, 0.2) is 0 Å². The fourth-order valence-corrected chi connectivity index (χ4v) is 1.37. The first kappa shape index (κ1) is 52.2. The number of rotatable bonds is 10. The van der Waals surface area contributed by atoms with Crippen LogP contribution in [0.4, 0.5) is 0 Å². The number of carbonyl (C=O) groups is 6. The molecule has 0 saturated carbocycles. The minimum absolute atomic E-state index is 0. The van der Waals surface area contributed by atoms with E-state index in [2.05, 4.69) is 0 Å². The van der Waals surface area contributed by atoms with E-state index in [1.807, 2.05) is 0 Å². The summed E-state index contributed by atoms with van der Waals surface area (Å²) in [7, 11) is 0. The third-order valence-corrected chi connectivity index (χ3v) is 2.51. The Labute approximate surface area is 209 Å². The molecule has 0 saturated heterocycles. The third kappa shape index (κ3) is 22.9. The second-order valence-electron chi connectivity index (χ2n) is 4.83. The first-order chi connectivity index (χ1) is 11.6. The molecule has 32 heavy (non-hydrogen) atoms. The molecule has 0 aromatic carbocycles. The van der Waals surface area contributed by atoms with Crippen LogP contribution in [0.3, 0.4) is 0 Å². The van der Waals surface area contributed by atoms with Crippen LogP contribution >= 0.6 is 0 Å². The monoisotopic (exact) mass is 600 g/mol. The smallest absolute Gasteiger partial charge is 0.550 e. The predicted molar refractivity (Wildman–Crippen MR) is 69.3 cm³/mol. The van der Waals surface area contributed by atoms with Gasteiger partial charge in [-0.2, -0.15) is 0 Å².